The first-order valence-corrected chi connectivity index (χ1v) is 12.3. The number of ether oxygens (including phenoxy) is 1. The van der Waals surface area contributed by atoms with Gasteiger partial charge in [0.25, 0.3) is 0 Å². The van der Waals surface area contributed by atoms with Gasteiger partial charge in [0.05, 0.1) is 18.4 Å². The maximum Gasteiger partial charge on any atom is 0.176 e. The van der Waals surface area contributed by atoms with Gasteiger partial charge in [-0.3, -0.25) is 14.8 Å². The van der Waals surface area contributed by atoms with Crippen molar-refractivity contribution < 1.29 is 4.74 Å². The van der Waals surface area contributed by atoms with Crippen molar-refractivity contribution in [1.82, 2.24) is 19.4 Å². The smallest absolute Gasteiger partial charge is 0.176 e. The lowest BCUT2D eigenvalue weighted by Gasteiger charge is -2.44. The average molecular weight is 466 g/mol. The minimum Gasteiger partial charge on any atom is -0.491 e. The molecule has 1 atom stereocenters. The van der Waals surface area contributed by atoms with Crippen LogP contribution in [-0.2, 0) is 6.54 Å². The topological polar surface area (TPSA) is 84.3 Å². The van der Waals surface area contributed by atoms with Crippen molar-refractivity contribution in [3.8, 4) is 17.1 Å². The van der Waals surface area contributed by atoms with Crippen molar-refractivity contribution in [3.63, 3.8) is 0 Å². The largest absolute Gasteiger partial charge is 0.491 e. The van der Waals surface area contributed by atoms with Crippen LogP contribution < -0.4 is 10.5 Å². The minimum atomic E-state index is 0.0991. The number of aromatic nitrogens is 2. The fourth-order valence-electron chi connectivity index (χ4n) is 4.74. The van der Waals surface area contributed by atoms with Crippen LogP contribution in [0.4, 0.5) is 0 Å². The molecule has 0 aliphatic carbocycles. The molecule has 0 bridgehead atoms. The molecule has 1 saturated heterocycles. The number of amidine groups is 1. The zero-order chi connectivity index (χ0) is 24.5. The van der Waals surface area contributed by atoms with E-state index < -0.39 is 0 Å². The Bertz CT molecular complexity index is 1060. The highest BCUT2D eigenvalue weighted by Crippen LogP contribution is 2.36. The number of piperazine rings is 1. The highest BCUT2D eigenvalue weighted by atomic mass is 16.5. The van der Waals surface area contributed by atoms with Gasteiger partial charge < -0.3 is 15.0 Å². The second-order valence-electron chi connectivity index (χ2n) is 10.4. The quantitative estimate of drug-likeness (QED) is 0.551. The Morgan fingerprint density at radius 2 is 1.85 bits per heavy atom. The van der Waals surface area contributed by atoms with E-state index in [0.717, 1.165) is 55.6 Å². The van der Waals surface area contributed by atoms with Crippen LogP contribution in [0, 0.1) is 0 Å². The number of hydrogen-bond donors (Lipinski definition) is 1. The fraction of sp³-hybridized carbons (Fsp3) is 0.577. The van der Waals surface area contributed by atoms with E-state index in [1.165, 1.54) is 11.9 Å². The van der Waals surface area contributed by atoms with E-state index in [0.29, 0.717) is 18.5 Å². The van der Waals surface area contributed by atoms with Crippen molar-refractivity contribution in [2.75, 3.05) is 32.8 Å². The molecule has 0 amide bonds. The Kier molecular flexibility index (Phi) is 7.09. The summed E-state index contributed by atoms with van der Waals surface area (Å²) >= 11 is 0. The van der Waals surface area contributed by atoms with Gasteiger partial charge in [0.2, 0.25) is 0 Å². The number of nitrogens with two attached hydrogens (primary N) is 1. The lowest BCUT2D eigenvalue weighted by molar-refractivity contribution is 0.0453. The van der Waals surface area contributed by atoms with Crippen molar-refractivity contribution in [2.45, 2.75) is 65.7 Å². The van der Waals surface area contributed by atoms with Crippen molar-refractivity contribution in [1.29, 1.82) is 0 Å². The maximum atomic E-state index is 6.07. The molecule has 3 heterocycles. The number of aliphatic imine (C=N–C) groups is 2. The van der Waals surface area contributed by atoms with Crippen LogP contribution in [0.5, 0.6) is 5.75 Å². The zero-order valence-corrected chi connectivity index (χ0v) is 21.5. The number of benzene rings is 1. The molecule has 34 heavy (non-hydrogen) atoms. The highest BCUT2D eigenvalue weighted by molar-refractivity contribution is 6.01. The molecule has 0 unspecified atom stereocenters. The second kappa shape index (κ2) is 9.88. The normalized spacial score (nSPS) is 19.1. The van der Waals surface area contributed by atoms with E-state index in [4.69, 9.17) is 15.5 Å². The Morgan fingerprint density at radius 1 is 1.12 bits per heavy atom. The molecule has 1 fully saturated rings. The van der Waals surface area contributed by atoms with Crippen molar-refractivity contribution in [2.24, 2.45) is 15.7 Å². The van der Waals surface area contributed by atoms with Gasteiger partial charge in [-0.05, 0) is 59.2 Å². The fourth-order valence-corrected chi connectivity index (χ4v) is 4.74. The summed E-state index contributed by atoms with van der Waals surface area (Å²) < 4.78 is 8.21. The summed E-state index contributed by atoms with van der Waals surface area (Å²) in [7, 11) is 0. The monoisotopic (exact) mass is 465 g/mol. The van der Waals surface area contributed by atoms with E-state index in [-0.39, 0.29) is 11.6 Å². The maximum absolute atomic E-state index is 6.07. The van der Waals surface area contributed by atoms with E-state index >= 15 is 0 Å². The Hall–Kier alpha value is -2.71. The van der Waals surface area contributed by atoms with Gasteiger partial charge >= 0.3 is 0 Å². The lowest BCUT2D eigenvalue weighted by atomic mass is 10.0. The van der Waals surface area contributed by atoms with Gasteiger partial charge in [-0.2, -0.15) is 0 Å². The predicted molar refractivity (Wildman–Crippen MR) is 139 cm³/mol. The lowest BCUT2D eigenvalue weighted by Crippen LogP contribution is -2.53. The molecule has 4 rings (SSSR count). The first-order chi connectivity index (χ1) is 16.2. The molecular formula is C26H39N7O. The molecule has 8 nitrogen and oxygen atoms in total. The van der Waals surface area contributed by atoms with Crippen molar-refractivity contribution in [3.05, 3.63) is 35.7 Å². The van der Waals surface area contributed by atoms with E-state index in [9.17, 15) is 0 Å². The highest BCUT2D eigenvalue weighted by Gasteiger charge is 2.29. The molecular weight excluding hydrogens is 426 g/mol. The second-order valence-corrected chi connectivity index (χ2v) is 10.4. The molecule has 2 aliphatic rings. The average Bonchev–Trinajstić information content (AvgIpc) is 3.14. The molecule has 0 radical (unpaired) electrons. The number of imidazole rings is 1. The first-order valence-electron chi connectivity index (χ1n) is 12.3. The van der Waals surface area contributed by atoms with Crippen LogP contribution in [0.15, 0.2) is 34.4 Å². The third-order valence-corrected chi connectivity index (χ3v) is 6.71. The third kappa shape index (κ3) is 5.18. The summed E-state index contributed by atoms with van der Waals surface area (Å²) in [6.45, 7) is 18.9. The summed E-state index contributed by atoms with van der Waals surface area (Å²) in [6, 6.07) is 6.96. The number of nitrogens with zero attached hydrogens (tertiary/aromatic N) is 6. The van der Waals surface area contributed by atoms with E-state index in [1.807, 2.05) is 20.0 Å². The van der Waals surface area contributed by atoms with Gasteiger partial charge in [-0.15, -0.1) is 0 Å². The molecule has 8 heteroatoms. The summed E-state index contributed by atoms with van der Waals surface area (Å²) in [6.07, 6.45) is 3.28. The van der Waals surface area contributed by atoms with E-state index in [2.05, 4.69) is 70.2 Å². The van der Waals surface area contributed by atoms with Gasteiger partial charge in [0.15, 0.2) is 5.84 Å². The standard InChI is InChI=1S/C26H39N7O/c1-18(2)29-24(28-17-27)22-16-32-13-14-34-23-8-7-20(15-21(23)25(32)30-22)19(3)31-9-11-33(12-10-31)26(4,5)6/h7-8,15-19H,9-14H2,1-6H3,(H2,27,28,29)/t19-/m0/s1. The van der Waals surface area contributed by atoms with Gasteiger partial charge in [0.1, 0.15) is 23.9 Å². The van der Waals surface area contributed by atoms with Gasteiger partial charge in [0, 0.05) is 50.0 Å². The van der Waals surface area contributed by atoms with Crippen LogP contribution in [0.25, 0.3) is 11.4 Å². The Balaban J connectivity index is 1.63. The van der Waals surface area contributed by atoms with Crippen LogP contribution in [-0.4, -0.2) is 75.9 Å². The number of rotatable bonds is 4. The first kappa shape index (κ1) is 24.4. The summed E-state index contributed by atoms with van der Waals surface area (Å²) in [5.41, 5.74) is 8.83. The molecule has 1 aromatic carbocycles. The molecule has 0 saturated carbocycles. The van der Waals surface area contributed by atoms with Gasteiger partial charge in [-0.25, -0.2) is 9.98 Å². The van der Waals surface area contributed by atoms with Crippen LogP contribution in [0.2, 0.25) is 0 Å². The molecule has 2 aromatic rings. The summed E-state index contributed by atoms with van der Waals surface area (Å²) in [5, 5.41) is 0. The predicted octanol–water partition coefficient (Wildman–Crippen LogP) is 3.56. The number of hydrogen-bond acceptors (Lipinski definition) is 5. The summed E-state index contributed by atoms with van der Waals surface area (Å²) in [4.78, 5) is 19.0. The van der Waals surface area contributed by atoms with E-state index in [1.54, 1.807) is 0 Å². The molecule has 2 aliphatic heterocycles. The molecule has 2 N–H and O–H groups in total. The van der Waals surface area contributed by atoms with Crippen LogP contribution >= 0.6 is 0 Å². The van der Waals surface area contributed by atoms with Crippen molar-refractivity contribution >= 4 is 12.2 Å². The van der Waals surface area contributed by atoms with Crippen LogP contribution in [0.1, 0.15) is 58.8 Å². The zero-order valence-electron chi connectivity index (χ0n) is 21.5. The Labute approximate surface area is 203 Å². The molecule has 1 aromatic heterocycles. The Morgan fingerprint density at radius 3 is 2.50 bits per heavy atom. The summed E-state index contributed by atoms with van der Waals surface area (Å²) in [5.74, 6) is 2.31. The SMILES string of the molecule is CC(C)N=C(N=CN)c1cn2c(n1)-c1cc([C@H](C)N3CCN(C(C)(C)C)CC3)ccc1OCC2. The molecule has 184 valence electrons. The third-order valence-electron chi connectivity index (χ3n) is 6.71. The van der Waals surface area contributed by atoms with Gasteiger partial charge in [-0.1, -0.05) is 6.07 Å². The minimum absolute atomic E-state index is 0.0991. The van der Waals surface area contributed by atoms with Crippen LogP contribution in [0.3, 0.4) is 0 Å². The number of fused-ring (bicyclic) bond motifs is 3. The molecule has 0 spiro atoms.